The van der Waals surface area contributed by atoms with E-state index in [4.69, 9.17) is 25.8 Å². The SMILES string of the molecule is [2H]C(C(=O)[C@@H](OOC)[C@@H](OOC)[C@H](OOC)[C@@H](CO)OOC)c1ccccc1. The molecule has 154 valence electrons. The van der Waals surface area contributed by atoms with Gasteiger partial charge in [-0.05, 0) is 5.56 Å². The van der Waals surface area contributed by atoms with Gasteiger partial charge in [0.25, 0.3) is 0 Å². The Balaban J connectivity index is 3.21. The van der Waals surface area contributed by atoms with E-state index >= 15 is 0 Å². The normalized spacial score (nSPS) is 17.6. The number of hydrogen-bond donors (Lipinski definition) is 1. The minimum absolute atomic E-state index is 0.435. The number of aliphatic hydroxyl groups excluding tert-OH is 1. The highest BCUT2D eigenvalue weighted by atomic mass is 17.2. The van der Waals surface area contributed by atoms with Crippen molar-refractivity contribution in [3.05, 3.63) is 35.9 Å². The Kier molecular flexibility index (Phi) is 11.0. The molecule has 10 heteroatoms. The van der Waals surface area contributed by atoms with Gasteiger partial charge in [0.15, 0.2) is 24.1 Å². The molecule has 1 rings (SSSR count). The Hall–Kier alpha value is -1.47. The Morgan fingerprint density at radius 3 is 2.00 bits per heavy atom. The number of aliphatic hydroxyl groups is 1. The lowest BCUT2D eigenvalue weighted by atomic mass is 9.96. The van der Waals surface area contributed by atoms with Crippen LogP contribution in [0, 0.1) is 0 Å². The van der Waals surface area contributed by atoms with Crippen molar-refractivity contribution in [3.8, 4) is 0 Å². The third-order valence-corrected chi connectivity index (χ3v) is 3.39. The van der Waals surface area contributed by atoms with E-state index in [-0.39, 0.29) is 0 Å². The van der Waals surface area contributed by atoms with E-state index < -0.39 is 43.2 Å². The van der Waals surface area contributed by atoms with E-state index in [1.165, 1.54) is 28.4 Å². The average Bonchev–Trinajstić information content (AvgIpc) is 2.73. The van der Waals surface area contributed by atoms with E-state index in [0.29, 0.717) is 5.56 Å². The van der Waals surface area contributed by atoms with E-state index in [1.807, 2.05) is 0 Å². The summed E-state index contributed by atoms with van der Waals surface area (Å²) in [5.74, 6) is -0.714. The van der Waals surface area contributed by atoms with Gasteiger partial charge in [0.1, 0.15) is 6.10 Å². The highest BCUT2D eigenvalue weighted by molar-refractivity contribution is 5.85. The molecule has 0 saturated carbocycles. The molecule has 1 N–H and O–H groups in total. The first-order valence-corrected chi connectivity index (χ1v) is 7.95. The molecule has 1 aromatic rings. The average molecular weight is 391 g/mol. The lowest BCUT2D eigenvalue weighted by Crippen LogP contribution is -2.53. The molecule has 27 heavy (non-hydrogen) atoms. The van der Waals surface area contributed by atoms with Crippen molar-refractivity contribution < 1.29 is 50.4 Å². The monoisotopic (exact) mass is 391 g/mol. The van der Waals surface area contributed by atoms with Gasteiger partial charge in [-0.1, -0.05) is 30.3 Å². The number of ketones is 1. The number of carbonyl (C=O) groups excluding carboxylic acids is 1. The van der Waals surface area contributed by atoms with Gasteiger partial charge < -0.3 is 5.11 Å². The molecule has 0 saturated heterocycles. The first-order valence-electron chi connectivity index (χ1n) is 8.53. The summed E-state index contributed by atoms with van der Waals surface area (Å²) in [6.45, 7) is -0.581. The second-order valence-corrected chi connectivity index (χ2v) is 5.08. The van der Waals surface area contributed by atoms with Crippen molar-refractivity contribution in [3.63, 3.8) is 0 Å². The van der Waals surface area contributed by atoms with Gasteiger partial charge in [0.05, 0.1) is 35.0 Å². The summed E-state index contributed by atoms with van der Waals surface area (Å²) in [5.41, 5.74) is 0.435. The van der Waals surface area contributed by atoms with Crippen LogP contribution in [-0.4, -0.2) is 70.4 Å². The Bertz CT molecular complexity index is 546. The summed E-state index contributed by atoms with van der Waals surface area (Å²) < 4.78 is 8.27. The van der Waals surface area contributed by atoms with Crippen LogP contribution >= 0.6 is 0 Å². The van der Waals surface area contributed by atoms with Gasteiger partial charge in [-0.3, -0.25) is 4.79 Å². The number of hydrogen-bond acceptors (Lipinski definition) is 10. The van der Waals surface area contributed by atoms with E-state index in [9.17, 15) is 9.90 Å². The fourth-order valence-corrected chi connectivity index (χ4v) is 2.30. The van der Waals surface area contributed by atoms with Crippen molar-refractivity contribution in [1.82, 2.24) is 0 Å². The third kappa shape index (κ3) is 7.58. The molecule has 0 heterocycles. The van der Waals surface area contributed by atoms with Crippen LogP contribution in [0.3, 0.4) is 0 Å². The van der Waals surface area contributed by atoms with Gasteiger partial charge in [-0.25, -0.2) is 39.1 Å². The maximum Gasteiger partial charge on any atom is 0.183 e. The van der Waals surface area contributed by atoms with Crippen molar-refractivity contribution in [2.45, 2.75) is 30.8 Å². The fourth-order valence-electron chi connectivity index (χ4n) is 2.30. The molecule has 0 amide bonds. The van der Waals surface area contributed by atoms with Gasteiger partial charge in [0.2, 0.25) is 0 Å². The highest BCUT2D eigenvalue weighted by Gasteiger charge is 2.44. The zero-order chi connectivity index (χ0) is 20.9. The number of Topliss-reactive ketones (excluding diaryl/α,β-unsaturated/α-hetero) is 1. The summed E-state index contributed by atoms with van der Waals surface area (Å²) in [7, 11) is 4.82. The smallest absolute Gasteiger partial charge is 0.183 e. The minimum Gasteiger partial charge on any atom is -0.393 e. The van der Waals surface area contributed by atoms with Gasteiger partial charge in [0, 0.05) is 7.77 Å². The van der Waals surface area contributed by atoms with Gasteiger partial charge in [-0.15, -0.1) is 0 Å². The van der Waals surface area contributed by atoms with Crippen LogP contribution in [0.4, 0.5) is 0 Å². The Morgan fingerprint density at radius 1 is 0.926 bits per heavy atom. The summed E-state index contributed by atoms with van der Waals surface area (Å²) >= 11 is 0. The van der Waals surface area contributed by atoms with Crippen LogP contribution in [0.1, 0.15) is 6.93 Å². The molecule has 0 fully saturated rings. The quantitative estimate of drug-likeness (QED) is 0.336. The molecule has 0 radical (unpaired) electrons. The molecule has 10 nitrogen and oxygen atoms in total. The Morgan fingerprint density at radius 2 is 1.48 bits per heavy atom. The molecular weight excluding hydrogens is 364 g/mol. The second-order valence-electron chi connectivity index (χ2n) is 5.08. The number of benzene rings is 1. The zero-order valence-electron chi connectivity index (χ0n) is 16.6. The molecule has 0 aliphatic heterocycles. The highest BCUT2D eigenvalue weighted by Crippen LogP contribution is 2.20. The summed E-state index contributed by atoms with van der Waals surface area (Å²) in [4.78, 5) is 51.9. The van der Waals surface area contributed by atoms with E-state index in [0.717, 1.165) is 0 Å². The molecular formula is C17H26O10. The molecule has 5 atom stereocenters. The summed E-state index contributed by atoms with van der Waals surface area (Å²) in [6.07, 6.45) is -6.59. The van der Waals surface area contributed by atoms with Crippen LogP contribution in [0.5, 0.6) is 0 Å². The predicted molar refractivity (Wildman–Crippen MR) is 89.8 cm³/mol. The minimum atomic E-state index is -1.50. The number of carbonyl (C=O) groups is 1. The lowest BCUT2D eigenvalue weighted by Gasteiger charge is -2.32. The zero-order valence-corrected chi connectivity index (χ0v) is 15.6. The van der Waals surface area contributed by atoms with Crippen molar-refractivity contribution in [2.24, 2.45) is 0 Å². The van der Waals surface area contributed by atoms with Crippen molar-refractivity contribution >= 4 is 5.78 Å². The van der Waals surface area contributed by atoms with Crippen LogP contribution in [0.2, 0.25) is 0 Å². The largest absolute Gasteiger partial charge is 0.393 e. The first-order chi connectivity index (χ1) is 13.5. The summed E-state index contributed by atoms with van der Waals surface area (Å²) in [5, 5.41) is 9.58. The molecule has 0 aromatic heterocycles. The number of rotatable bonds is 15. The van der Waals surface area contributed by atoms with Crippen LogP contribution in [0.15, 0.2) is 30.3 Å². The van der Waals surface area contributed by atoms with Crippen molar-refractivity contribution in [2.75, 3.05) is 35.0 Å². The van der Waals surface area contributed by atoms with Gasteiger partial charge >= 0.3 is 0 Å². The van der Waals surface area contributed by atoms with Crippen LogP contribution in [-0.2, 0) is 50.3 Å². The molecule has 0 aliphatic carbocycles. The van der Waals surface area contributed by atoms with E-state index in [1.54, 1.807) is 30.3 Å². The third-order valence-electron chi connectivity index (χ3n) is 3.39. The van der Waals surface area contributed by atoms with Crippen molar-refractivity contribution in [1.29, 1.82) is 0 Å². The second kappa shape index (κ2) is 13.7. The molecule has 0 bridgehead atoms. The maximum absolute atomic E-state index is 13.0. The predicted octanol–water partition coefficient (Wildman–Crippen LogP) is 0.577. The van der Waals surface area contributed by atoms with Crippen LogP contribution in [0.25, 0.3) is 0 Å². The Labute approximate surface area is 158 Å². The molecule has 0 aliphatic rings. The lowest BCUT2D eigenvalue weighted by molar-refractivity contribution is -0.435. The van der Waals surface area contributed by atoms with Gasteiger partial charge in [-0.2, -0.15) is 0 Å². The summed E-state index contributed by atoms with van der Waals surface area (Å²) in [6, 6.07) is 8.41. The topological polar surface area (TPSA) is 111 Å². The van der Waals surface area contributed by atoms with Crippen LogP contribution < -0.4 is 0 Å². The standard InChI is InChI=1S/C17H26O10/c1-20-24-14(11-18)16(26-22-3)17(27-23-4)15(25-21-2)13(19)10-12-8-6-5-7-9-12/h5-9,14-18H,10-11H2,1-4H3/t14-,15-,16-,17-/m1/s1/i10D/t10?,14-,15-,16-,17-. The maximum atomic E-state index is 13.0. The molecule has 1 unspecified atom stereocenters. The molecule has 0 spiro atoms. The first kappa shape index (κ1) is 21.8. The molecule has 1 aromatic carbocycles. The van der Waals surface area contributed by atoms with E-state index in [2.05, 4.69) is 14.7 Å². The fraction of sp³-hybridized carbons (Fsp3) is 0.588.